The number of hydrogen-bond acceptors (Lipinski definition) is 2. The summed E-state index contributed by atoms with van der Waals surface area (Å²) < 4.78 is 43.4. The molecular formula is C17H11ClF3NO2. The highest BCUT2D eigenvalue weighted by atomic mass is 35.5. The van der Waals surface area contributed by atoms with Crippen LogP contribution in [0.3, 0.4) is 0 Å². The van der Waals surface area contributed by atoms with Crippen LogP contribution in [0.15, 0.2) is 53.1 Å². The van der Waals surface area contributed by atoms with Crippen molar-refractivity contribution in [2.75, 3.05) is 5.32 Å². The van der Waals surface area contributed by atoms with Gasteiger partial charge in [0.25, 0.3) is 0 Å². The largest absolute Gasteiger partial charge is 0.464 e. The fourth-order valence-electron chi connectivity index (χ4n) is 2.34. The van der Waals surface area contributed by atoms with Gasteiger partial charge in [-0.2, -0.15) is 13.2 Å². The molecule has 1 aromatic heterocycles. The molecule has 0 aliphatic heterocycles. The Bertz CT molecular complexity index is 902. The SMILES string of the molecule is O=C(Cc1coc2ccc(Cl)cc12)Nc1cccc(C(F)(F)F)c1. The molecule has 0 spiro atoms. The Balaban J connectivity index is 1.77. The van der Waals surface area contributed by atoms with Gasteiger partial charge in [-0.15, -0.1) is 0 Å². The molecule has 0 saturated carbocycles. The monoisotopic (exact) mass is 353 g/mol. The summed E-state index contributed by atoms with van der Waals surface area (Å²) in [6.07, 6.45) is -3.06. The topological polar surface area (TPSA) is 42.2 Å². The van der Waals surface area contributed by atoms with E-state index in [-0.39, 0.29) is 12.1 Å². The zero-order valence-electron chi connectivity index (χ0n) is 12.2. The van der Waals surface area contributed by atoms with Crippen LogP contribution in [0.25, 0.3) is 11.0 Å². The summed E-state index contributed by atoms with van der Waals surface area (Å²) in [6, 6.07) is 9.51. The Morgan fingerprint density at radius 3 is 2.71 bits per heavy atom. The molecule has 3 nitrogen and oxygen atoms in total. The van der Waals surface area contributed by atoms with Gasteiger partial charge in [-0.1, -0.05) is 17.7 Å². The molecule has 0 saturated heterocycles. The van der Waals surface area contributed by atoms with E-state index in [1.807, 2.05) is 0 Å². The lowest BCUT2D eigenvalue weighted by Gasteiger charge is -2.09. The molecule has 3 aromatic rings. The van der Waals surface area contributed by atoms with Crippen LogP contribution in [0, 0.1) is 0 Å². The fourth-order valence-corrected chi connectivity index (χ4v) is 2.51. The number of anilines is 1. The van der Waals surface area contributed by atoms with Crippen molar-refractivity contribution in [3.8, 4) is 0 Å². The summed E-state index contributed by atoms with van der Waals surface area (Å²) in [5.74, 6) is -0.447. The molecule has 0 fully saturated rings. The maximum Gasteiger partial charge on any atom is 0.416 e. The van der Waals surface area contributed by atoms with Crippen LogP contribution < -0.4 is 5.32 Å². The van der Waals surface area contributed by atoms with Gasteiger partial charge in [0.15, 0.2) is 0 Å². The lowest BCUT2D eigenvalue weighted by Crippen LogP contribution is -2.15. The number of furan rings is 1. The lowest BCUT2D eigenvalue weighted by atomic mass is 10.1. The van der Waals surface area contributed by atoms with E-state index in [1.165, 1.54) is 18.4 Å². The van der Waals surface area contributed by atoms with Gasteiger partial charge in [-0.3, -0.25) is 4.79 Å². The summed E-state index contributed by atoms with van der Waals surface area (Å²) in [5.41, 5.74) is 0.458. The van der Waals surface area contributed by atoms with Gasteiger partial charge in [0.2, 0.25) is 5.91 Å². The number of carbonyl (C=O) groups excluding carboxylic acids is 1. The third kappa shape index (κ3) is 3.54. The third-order valence-corrected chi connectivity index (χ3v) is 3.68. The van der Waals surface area contributed by atoms with Crippen molar-refractivity contribution in [2.24, 2.45) is 0 Å². The minimum Gasteiger partial charge on any atom is -0.464 e. The second-order valence-electron chi connectivity index (χ2n) is 5.20. The van der Waals surface area contributed by atoms with Crippen molar-refractivity contribution >= 4 is 34.2 Å². The van der Waals surface area contributed by atoms with Gasteiger partial charge in [0, 0.05) is 21.7 Å². The molecule has 7 heteroatoms. The van der Waals surface area contributed by atoms with Crippen LogP contribution in [0.4, 0.5) is 18.9 Å². The van der Waals surface area contributed by atoms with Gasteiger partial charge in [0.05, 0.1) is 18.2 Å². The molecule has 0 aliphatic rings. The van der Waals surface area contributed by atoms with Crippen molar-refractivity contribution in [3.63, 3.8) is 0 Å². The number of halogens is 4. The molecule has 0 bridgehead atoms. The van der Waals surface area contributed by atoms with Gasteiger partial charge in [0.1, 0.15) is 5.58 Å². The number of fused-ring (bicyclic) bond motifs is 1. The van der Waals surface area contributed by atoms with Gasteiger partial charge >= 0.3 is 6.18 Å². The molecular weight excluding hydrogens is 343 g/mol. The zero-order valence-corrected chi connectivity index (χ0v) is 12.9. The van der Waals surface area contributed by atoms with Crippen LogP contribution >= 0.6 is 11.6 Å². The Morgan fingerprint density at radius 2 is 1.96 bits per heavy atom. The number of amides is 1. The van der Waals surface area contributed by atoms with Gasteiger partial charge < -0.3 is 9.73 Å². The zero-order chi connectivity index (χ0) is 17.3. The van der Waals surface area contributed by atoms with E-state index in [4.69, 9.17) is 16.0 Å². The Morgan fingerprint density at radius 1 is 1.17 bits per heavy atom. The van der Waals surface area contributed by atoms with Crippen molar-refractivity contribution in [2.45, 2.75) is 12.6 Å². The Kier molecular flexibility index (Phi) is 4.24. The number of benzene rings is 2. The molecule has 24 heavy (non-hydrogen) atoms. The smallest absolute Gasteiger partial charge is 0.416 e. The van der Waals surface area contributed by atoms with E-state index < -0.39 is 17.6 Å². The summed E-state index contributed by atoms with van der Waals surface area (Å²) in [7, 11) is 0. The first kappa shape index (κ1) is 16.4. The molecule has 124 valence electrons. The van der Waals surface area contributed by atoms with Gasteiger partial charge in [-0.05, 0) is 36.4 Å². The summed E-state index contributed by atoms with van der Waals surface area (Å²) in [5, 5.41) is 3.66. The van der Waals surface area contributed by atoms with E-state index in [9.17, 15) is 18.0 Å². The number of rotatable bonds is 3. The van der Waals surface area contributed by atoms with E-state index in [0.29, 0.717) is 21.6 Å². The normalized spacial score (nSPS) is 11.7. The molecule has 2 aromatic carbocycles. The van der Waals surface area contributed by atoms with Crippen molar-refractivity contribution < 1.29 is 22.4 Å². The molecule has 1 heterocycles. The first-order valence-electron chi connectivity index (χ1n) is 6.96. The third-order valence-electron chi connectivity index (χ3n) is 3.44. The number of nitrogens with one attached hydrogen (secondary N) is 1. The van der Waals surface area contributed by atoms with E-state index >= 15 is 0 Å². The number of hydrogen-bond donors (Lipinski definition) is 1. The molecule has 0 radical (unpaired) electrons. The second kappa shape index (κ2) is 6.20. The summed E-state index contributed by atoms with van der Waals surface area (Å²) in [6.45, 7) is 0. The van der Waals surface area contributed by atoms with Crippen molar-refractivity contribution in [1.29, 1.82) is 0 Å². The minimum absolute atomic E-state index is 0.0381. The second-order valence-corrected chi connectivity index (χ2v) is 5.64. The van der Waals surface area contributed by atoms with Crippen LogP contribution in [0.5, 0.6) is 0 Å². The minimum atomic E-state index is -4.46. The van der Waals surface area contributed by atoms with Gasteiger partial charge in [-0.25, -0.2) is 0 Å². The van der Waals surface area contributed by atoms with Crippen molar-refractivity contribution in [3.05, 3.63) is 64.9 Å². The van der Waals surface area contributed by atoms with Crippen LogP contribution in [0.2, 0.25) is 5.02 Å². The maximum atomic E-state index is 12.7. The standard InChI is InChI=1S/C17H11ClF3NO2/c18-12-4-5-15-14(8-12)10(9-24-15)6-16(23)22-13-3-1-2-11(7-13)17(19,20)21/h1-5,7-9H,6H2,(H,22,23). The Labute approximate surface area is 140 Å². The van der Waals surface area contributed by atoms with Crippen LogP contribution in [-0.2, 0) is 17.4 Å². The van der Waals surface area contributed by atoms with Crippen LogP contribution in [0.1, 0.15) is 11.1 Å². The Hall–Kier alpha value is -2.47. The first-order chi connectivity index (χ1) is 11.3. The quantitative estimate of drug-likeness (QED) is 0.695. The fraction of sp³-hybridized carbons (Fsp3) is 0.118. The molecule has 1 N–H and O–H groups in total. The average molecular weight is 354 g/mol. The predicted molar refractivity (Wildman–Crippen MR) is 85.0 cm³/mol. The maximum absolute atomic E-state index is 12.7. The summed E-state index contributed by atoms with van der Waals surface area (Å²) in [4.78, 5) is 12.1. The summed E-state index contributed by atoms with van der Waals surface area (Å²) >= 11 is 5.93. The first-order valence-corrected chi connectivity index (χ1v) is 7.33. The molecule has 0 atom stereocenters. The predicted octanol–water partition coefficient (Wildman–Crippen LogP) is 5.29. The molecule has 0 aliphatic carbocycles. The highest BCUT2D eigenvalue weighted by Gasteiger charge is 2.30. The highest BCUT2D eigenvalue weighted by Crippen LogP contribution is 2.31. The van der Waals surface area contributed by atoms with Crippen molar-refractivity contribution in [1.82, 2.24) is 0 Å². The van der Waals surface area contributed by atoms with E-state index in [1.54, 1.807) is 18.2 Å². The molecule has 3 rings (SSSR count). The average Bonchev–Trinajstić information content (AvgIpc) is 2.89. The lowest BCUT2D eigenvalue weighted by molar-refractivity contribution is -0.137. The molecule has 0 unspecified atom stereocenters. The van der Waals surface area contributed by atoms with Crippen LogP contribution in [-0.4, -0.2) is 5.91 Å². The number of carbonyl (C=O) groups is 1. The molecule has 1 amide bonds. The number of alkyl halides is 3. The van der Waals surface area contributed by atoms with E-state index in [2.05, 4.69) is 5.32 Å². The van der Waals surface area contributed by atoms with E-state index in [0.717, 1.165) is 12.1 Å². The highest BCUT2D eigenvalue weighted by molar-refractivity contribution is 6.31.